The monoisotopic (exact) mass is 362 g/mol. The molecule has 2 aromatic heterocycles. The van der Waals surface area contributed by atoms with Crippen molar-refractivity contribution in [2.24, 2.45) is 0 Å². The van der Waals surface area contributed by atoms with E-state index in [0.29, 0.717) is 13.0 Å². The third-order valence-corrected chi connectivity index (χ3v) is 4.55. The van der Waals surface area contributed by atoms with E-state index in [1.807, 2.05) is 60.7 Å². The molecule has 0 aliphatic carbocycles. The fourth-order valence-electron chi connectivity index (χ4n) is 3.15. The molecule has 0 spiro atoms. The first kappa shape index (κ1) is 16.8. The Morgan fingerprint density at radius 1 is 0.889 bits per heavy atom. The van der Waals surface area contributed by atoms with Crippen LogP contribution in [0, 0.1) is 0 Å². The Hall–Kier alpha value is -3.61. The highest BCUT2D eigenvalue weighted by molar-refractivity contribution is 5.70. The molecular weight excluding hydrogens is 344 g/mol. The highest BCUT2D eigenvalue weighted by Gasteiger charge is 2.17. The molecule has 2 heterocycles. The van der Waals surface area contributed by atoms with E-state index >= 15 is 0 Å². The molecular formula is C20H18N4O3. The number of imidazole rings is 1. The number of fused-ring (bicyclic) bond motifs is 1. The molecule has 4 aromatic rings. The van der Waals surface area contributed by atoms with E-state index in [9.17, 15) is 14.8 Å². The van der Waals surface area contributed by atoms with E-state index in [4.69, 9.17) is 0 Å². The normalized spacial score (nSPS) is 11.1. The average molecular weight is 362 g/mol. The number of benzene rings is 2. The molecule has 0 aliphatic rings. The molecule has 0 fully saturated rings. The lowest BCUT2D eigenvalue weighted by molar-refractivity contribution is 0.157. The van der Waals surface area contributed by atoms with Gasteiger partial charge >= 0.3 is 11.2 Å². The van der Waals surface area contributed by atoms with Crippen LogP contribution < -0.4 is 11.2 Å². The number of aromatic nitrogens is 4. The van der Waals surface area contributed by atoms with Gasteiger partial charge in [-0.3, -0.25) is 9.36 Å². The maximum atomic E-state index is 12.5. The lowest BCUT2D eigenvalue weighted by Gasteiger charge is -2.09. The van der Waals surface area contributed by atoms with Crippen molar-refractivity contribution in [3.63, 3.8) is 0 Å². The number of rotatable bonds is 5. The topological polar surface area (TPSA) is 82.0 Å². The Bertz CT molecular complexity index is 1190. The highest BCUT2D eigenvalue weighted by atomic mass is 16.5. The number of hydrogen-bond acceptors (Lipinski definition) is 4. The quantitative estimate of drug-likeness (QED) is 0.550. The van der Waals surface area contributed by atoms with E-state index < -0.39 is 11.2 Å². The van der Waals surface area contributed by atoms with Crippen LogP contribution in [0.4, 0.5) is 0 Å². The van der Waals surface area contributed by atoms with Crippen molar-refractivity contribution in [2.75, 3.05) is 0 Å². The van der Waals surface area contributed by atoms with Gasteiger partial charge in [0.05, 0.1) is 12.9 Å². The highest BCUT2D eigenvalue weighted by Crippen LogP contribution is 2.11. The average Bonchev–Trinajstić information content (AvgIpc) is 3.13. The van der Waals surface area contributed by atoms with Gasteiger partial charge < -0.3 is 9.77 Å². The summed E-state index contributed by atoms with van der Waals surface area (Å²) < 4.78 is 3.15. The van der Waals surface area contributed by atoms with E-state index in [0.717, 1.165) is 11.1 Å². The summed E-state index contributed by atoms with van der Waals surface area (Å²) in [6.07, 6.45) is 2.24. The van der Waals surface area contributed by atoms with E-state index in [1.54, 1.807) is 4.57 Å². The summed E-state index contributed by atoms with van der Waals surface area (Å²) in [6, 6.07) is 19.2. The van der Waals surface area contributed by atoms with Crippen molar-refractivity contribution in [2.45, 2.75) is 19.5 Å². The van der Waals surface area contributed by atoms with Crippen LogP contribution in [0.25, 0.3) is 11.2 Å². The van der Waals surface area contributed by atoms with Crippen LogP contribution >= 0.6 is 0 Å². The van der Waals surface area contributed by atoms with Gasteiger partial charge in [0.25, 0.3) is 0 Å². The lowest BCUT2D eigenvalue weighted by Crippen LogP contribution is -2.39. The van der Waals surface area contributed by atoms with Crippen LogP contribution in [-0.2, 0) is 19.5 Å². The molecule has 136 valence electrons. The van der Waals surface area contributed by atoms with Gasteiger partial charge in [0.1, 0.15) is 0 Å². The number of aryl methyl sites for hydroxylation is 2. The van der Waals surface area contributed by atoms with Crippen molar-refractivity contribution in [3.8, 4) is 0 Å². The van der Waals surface area contributed by atoms with Gasteiger partial charge in [-0.15, -0.1) is 0 Å². The molecule has 7 heteroatoms. The Balaban J connectivity index is 1.77. The van der Waals surface area contributed by atoms with Crippen LogP contribution in [0.3, 0.4) is 0 Å². The first-order chi connectivity index (χ1) is 13.1. The van der Waals surface area contributed by atoms with Crippen LogP contribution in [-0.4, -0.2) is 24.1 Å². The lowest BCUT2D eigenvalue weighted by atomic mass is 10.1. The standard InChI is InChI=1S/C20H18N4O3/c25-19-17-18(21-14-22(17)12-11-15-7-3-1-4-8-15)23(20(26)24(19)27)13-16-9-5-2-6-10-16/h1-10,14,27H,11-13H2. The maximum Gasteiger partial charge on any atom is 0.366 e. The van der Waals surface area contributed by atoms with E-state index in [2.05, 4.69) is 4.98 Å². The first-order valence-corrected chi connectivity index (χ1v) is 8.63. The SMILES string of the molecule is O=c1c2c(ncn2CCc2ccccc2)n(Cc2ccccc2)c(=O)n1O. The summed E-state index contributed by atoms with van der Waals surface area (Å²) in [7, 11) is 0. The Morgan fingerprint density at radius 2 is 1.52 bits per heavy atom. The van der Waals surface area contributed by atoms with Crippen molar-refractivity contribution in [1.29, 1.82) is 0 Å². The van der Waals surface area contributed by atoms with Crippen molar-refractivity contribution < 1.29 is 5.21 Å². The zero-order valence-electron chi connectivity index (χ0n) is 14.5. The summed E-state index contributed by atoms with van der Waals surface area (Å²) in [4.78, 5) is 29.2. The minimum atomic E-state index is -0.801. The second kappa shape index (κ2) is 6.95. The second-order valence-electron chi connectivity index (χ2n) is 6.32. The summed E-state index contributed by atoms with van der Waals surface area (Å²) in [5, 5.41) is 10.0. The molecule has 0 unspecified atom stereocenters. The van der Waals surface area contributed by atoms with E-state index in [1.165, 1.54) is 10.9 Å². The van der Waals surface area contributed by atoms with Crippen molar-refractivity contribution in [1.82, 2.24) is 18.8 Å². The predicted molar refractivity (Wildman–Crippen MR) is 101 cm³/mol. The van der Waals surface area contributed by atoms with Crippen LogP contribution in [0.15, 0.2) is 76.6 Å². The molecule has 4 rings (SSSR count). The van der Waals surface area contributed by atoms with Crippen LogP contribution in [0.1, 0.15) is 11.1 Å². The van der Waals surface area contributed by atoms with Crippen LogP contribution in [0.5, 0.6) is 0 Å². The van der Waals surface area contributed by atoms with E-state index in [-0.39, 0.29) is 22.4 Å². The van der Waals surface area contributed by atoms with Crippen LogP contribution in [0.2, 0.25) is 0 Å². The smallest absolute Gasteiger partial charge is 0.366 e. The summed E-state index contributed by atoms with van der Waals surface area (Å²) in [6.45, 7) is 0.728. The Kier molecular flexibility index (Phi) is 4.33. The van der Waals surface area contributed by atoms with Gasteiger partial charge in [-0.1, -0.05) is 65.4 Å². The molecule has 7 nitrogen and oxygen atoms in total. The Labute approximate surface area is 154 Å². The summed E-state index contributed by atoms with van der Waals surface area (Å²) in [5.74, 6) is 0. The summed E-state index contributed by atoms with van der Waals surface area (Å²) in [5.41, 5.74) is 0.922. The largest absolute Gasteiger partial charge is 0.421 e. The predicted octanol–water partition coefficient (Wildman–Crippen LogP) is 1.89. The summed E-state index contributed by atoms with van der Waals surface area (Å²) >= 11 is 0. The molecule has 0 radical (unpaired) electrons. The van der Waals surface area contributed by atoms with Crippen molar-refractivity contribution >= 4 is 11.2 Å². The molecule has 0 saturated carbocycles. The zero-order valence-corrected chi connectivity index (χ0v) is 14.5. The minimum Gasteiger partial charge on any atom is -0.421 e. The molecule has 0 aliphatic heterocycles. The molecule has 0 atom stereocenters. The molecule has 2 aromatic carbocycles. The fourth-order valence-corrected chi connectivity index (χ4v) is 3.15. The zero-order chi connectivity index (χ0) is 18.8. The number of nitrogens with zero attached hydrogens (tertiary/aromatic N) is 4. The molecule has 0 bridgehead atoms. The van der Waals surface area contributed by atoms with Gasteiger partial charge in [0.2, 0.25) is 0 Å². The molecule has 27 heavy (non-hydrogen) atoms. The minimum absolute atomic E-state index is 0.159. The number of hydrogen-bond donors (Lipinski definition) is 1. The van der Waals surface area contributed by atoms with Gasteiger partial charge in [0, 0.05) is 6.54 Å². The third kappa shape index (κ3) is 3.15. The maximum absolute atomic E-state index is 12.5. The van der Waals surface area contributed by atoms with Gasteiger partial charge in [-0.2, -0.15) is 0 Å². The fraction of sp³-hybridized carbons (Fsp3) is 0.150. The second-order valence-corrected chi connectivity index (χ2v) is 6.32. The molecule has 1 N–H and O–H groups in total. The van der Waals surface area contributed by atoms with Gasteiger partial charge in [-0.05, 0) is 17.5 Å². The first-order valence-electron chi connectivity index (χ1n) is 8.63. The van der Waals surface area contributed by atoms with Crippen molar-refractivity contribution in [3.05, 3.63) is 99.0 Å². The third-order valence-electron chi connectivity index (χ3n) is 4.55. The molecule has 0 saturated heterocycles. The van der Waals surface area contributed by atoms with Gasteiger partial charge in [0.15, 0.2) is 11.2 Å². The molecule has 0 amide bonds. The van der Waals surface area contributed by atoms with Gasteiger partial charge in [-0.25, -0.2) is 9.78 Å². The Morgan fingerprint density at radius 3 is 2.19 bits per heavy atom.